The molecule has 0 bridgehead atoms. The molecule has 2 heterocycles. The van der Waals surface area contributed by atoms with E-state index in [4.69, 9.17) is 21.4 Å². The molecule has 8 heteroatoms. The number of ether oxygens (including phenoxy) is 1. The minimum absolute atomic E-state index is 0.107. The zero-order chi connectivity index (χ0) is 15.4. The van der Waals surface area contributed by atoms with Crippen LogP contribution in [0.5, 0.6) is 0 Å². The van der Waals surface area contributed by atoms with Crippen LogP contribution in [0.15, 0.2) is 12.1 Å². The normalized spacial score (nSPS) is 18.6. The zero-order valence-electron chi connectivity index (χ0n) is 11.6. The van der Waals surface area contributed by atoms with E-state index < -0.39 is 12.0 Å². The van der Waals surface area contributed by atoms with Gasteiger partial charge in [0, 0.05) is 18.5 Å². The van der Waals surface area contributed by atoms with Gasteiger partial charge in [0.05, 0.1) is 36.6 Å². The quantitative estimate of drug-likeness (QED) is 0.917. The third-order valence-electron chi connectivity index (χ3n) is 3.23. The van der Waals surface area contributed by atoms with E-state index in [1.165, 1.54) is 11.3 Å². The van der Waals surface area contributed by atoms with Gasteiger partial charge < -0.3 is 19.6 Å². The summed E-state index contributed by atoms with van der Waals surface area (Å²) in [4.78, 5) is 27.5. The average Bonchev–Trinajstić information content (AvgIpc) is 2.83. The summed E-state index contributed by atoms with van der Waals surface area (Å²) < 4.78 is 5.96. The predicted octanol–water partition coefficient (Wildman–Crippen LogP) is 2.13. The molecular formula is C13H17ClN2O4S. The number of halogens is 1. The molecule has 1 unspecified atom stereocenters. The monoisotopic (exact) mass is 332 g/mol. The van der Waals surface area contributed by atoms with Gasteiger partial charge >= 0.3 is 12.0 Å². The Labute approximate surface area is 131 Å². The lowest BCUT2D eigenvalue weighted by Gasteiger charge is -2.37. The summed E-state index contributed by atoms with van der Waals surface area (Å²) in [5.74, 6) is -0.934. The van der Waals surface area contributed by atoms with Crippen LogP contribution in [0.1, 0.15) is 11.3 Å². The molecule has 1 aromatic heterocycles. The molecule has 6 nitrogen and oxygen atoms in total. The van der Waals surface area contributed by atoms with Crippen LogP contribution in [0.25, 0.3) is 0 Å². The second-order valence-electron chi connectivity index (χ2n) is 4.86. The first-order chi connectivity index (χ1) is 9.97. The van der Waals surface area contributed by atoms with Crippen molar-refractivity contribution in [3.63, 3.8) is 0 Å². The van der Waals surface area contributed by atoms with E-state index in [1.807, 2.05) is 6.07 Å². The molecule has 2 amide bonds. The summed E-state index contributed by atoms with van der Waals surface area (Å²) in [6.07, 6.45) is -0.107. The Morgan fingerprint density at radius 1 is 1.57 bits per heavy atom. The summed E-state index contributed by atoms with van der Waals surface area (Å²) in [6.45, 7) is 1.55. The molecule has 1 saturated heterocycles. The maximum Gasteiger partial charge on any atom is 0.320 e. The highest BCUT2D eigenvalue weighted by atomic mass is 35.5. The van der Waals surface area contributed by atoms with Gasteiger partial charge in [0.25, 0.3) is 0 Å². The van der Waals surface area contributed by atoms with Crippen molar-refractivity contribution in [1.82, 2.24) is 9.80 Å². The van der Waals surface area contributed by atoms with Crippen LogP contribution in [-0.4, -0.2) is 59.8 Å². The van der Waals surface area contributed by atoms with Gasteiger partial charge in [0.1, 0.15) is 0 Å². The molecule has 21 heavy (non-hydrogen) atoms. The number of aliphatic carboxylic acids is 1. The number of hydrogen-bond donors (Lipinski definition) is 1. The van der Waals surface area contributed by atoms with Crippen LogP contribution in [0.2, 0.25) is 4.34 Å². The minimum atomic E-state index is -0.934. The fraction of sp³-hybridized carbons (Fsp3) is 0.538. The van der Waals surface area contributed by atoms with Crippen molar-refractivity contribution in [3.8, 4) is 0 Å². The highest BCUT2D eigenvalue weighted by Crippen LogP contribution is 2.23. The highest BCUT2D eigenvalue weighted by Gasteiger charge is 2.31. The summed E-state index contributed by atoms with van der Waals surface area (Å²) >= 11 is 7.30. The van der Waals surface area contributed by atoms with Crippen molar-refractivity contribution >= 4 is 34.9 Å². The molecule has 0 radical (unpaired) electrons. The lowest BCUT2D eigenvalue weighted by molar-refractivity contribution is -0.139. The number of morpholine rings is 1. The predicted molar refractivity (Wildman–Crippen MR) is 79.8 cm³/mol. The maximum absolute atomic E-state index is 12.5. The number of thiophene rings is 1. The van der Waals surface area contributed by atoms with Gasteiger partial charge in [-0.15, -0.1) is 11.3 Å². The first-order valence-corrected chi connectivity index (χ1v) is 7.72. The summed E-state index contributed by atoms with van der Waals surface area (Å²) in [6, 6.07) is 3.07. The summed E-state index contributed by atoms with van der Waals surface area (Å²) in [5.41, 5.74) is 0. The van der Waals surface area contributed by atoms with E-state index in [-0.39, 0.29) is 19.1 Å². The third kappa shape index (κ3) is 4.33. The van der Waals surface area contributed by atoms with E-state index in [0.717, 1.165) is 4.88 Å². The molecule has 0 aliphatic carbocycles. The molecule has 0 saturated carbocycles. The molecule has 0 aromatic carbocycles. The molecule has 1 aromatic rings. The summed E-state index contributed by atoms with van der Waals surface area (Å²) in [5, 5.41) is 8.92. The van der Waals surface area contributed by atoms with Crippen molar-refractivity contribution in [3.05, 3.63) is 21.3 Å². The minimum Gasteiger partial charge on any atom is -0.481 e. The molecule has 1 fully saturated rings. The Balaban J connectivity index is 2.00. The number of hydrogen-bond acceptors (Lipinski definition) is 4. The van der Waals surface area contributed by atoms with E-state index in [2.05, 4.69) is 0 Å². The fourth-order valence-corrected chi connectivity index (χ4v) is 3.38. The van der Waals surface area contributed by atoms with Gasteiger partial charge in [0.2, 0.25) is 0 Å². The standard InChI is InChI=1S/C13H17ClN2O4S/c1-15(7-10-2-3-11(14)21-10)13(19)16-4-5-20-8-9(16)6-12(17)18/h2-3,9H,4-8H2,1H3,(H,17,18). The van der Waals surface area contributed by atoms with Gasteiger partial charge in [0.15, 0.2) is 0 Å². The van der Waals surface area contributed by atoms with Crippen molar-refractivity contribution < 1.29 is 19.4 Å². The van der Waals surface area contributed by atoms with Gasteiger partial charge in [-0.25, -0.2) is 4.79 Å². The molecule has 2 rings (SSSR count). The van der Waals surface area contributed by atoms with Crippen LogP contribution >= 0.6 is 22.9 Å². The molecule has 1 aliphatic heterocycles. The average molecular weight is 333 g/mol. The van der Waals surface area contributed by atoms with Gasteiger partial charge in [-0.2, -0.15) is 0 Å². The molecule has 1 aliphatic rings. The van der Waals surface area contributed by atoms with E-state index in [0.29, 0.717) is 24.0 Å². The van der Waals surface area contributed by atoms with Gasteiger partial charge in [-0.3, -0.25) is 4.79 Å². The fourth-order valence-electron chi connectivity index (χ4n) is 2.23. The van der Waals surface area contributed by atoms with E-state index in [9.17, 15) is 9.59 Å². The number of carbonyl (C=O) groups is 2. The number of nitrogens with zero attached hydrogens (tertiary/aromatic N) is 2. The van der Waals surface area contributed by atoms with Gasteiger partial charge in [-0.1, -0.05) is 11.6 Å². The maximum atomic E-state index is 12.5. The van der Waals surface area contributed by atoms with Crippen LogP contribution in [0.4, 0.5) is 4.79 Å². The molecular weight excluding hydrogens is 316 g/mol. The number of carboxylic acid groups (broad SMARTS) is 1. The van der Waals surface area contributed by atoms with Crippen LogP contribution < -0.4 is 0 Å². The Morgan fingerprint density at radius 3 is 2.95 bits per heavy atom. The molecule has 116 valence electrons. The van der Waals surface area contributed by atoms with Crippen molar-refractivity contribution in [2.45, 2.75) is 19.0 Å². The number of carboxylic acids is 1. The van der Waals surface area contributed by atoms with Crippen LogP contribution in [0, 0.1) is 0 Å². The van der Waals surface area contributed by atoms with Crippen LogP contribution in [-0.2, 0) is 16.1 Å². The number of carbonyl (C=O) groups excluding carboxylic acids is 1. The third-order valence-corrected chi connectivity index (χ3v) is 4.45. The van der Waals surface area contributed by atoms with Crippen molar-refractivity contribution in [2.24, 2.45) is 0 Å². The first-order valence-electron chi connectivity index (χ1n) is 6.53. The Morgan fingerprint density at radius 2 is 2.33 bits per heavy atom. The lowest BCUT2D eigenvalue weighted by Crippen LogP contribution is -2.53. The van der Waals surface area contributed by atoms with Crippen molar-refractivity contribution in [2.75, 3.05) is 26.8 Å². The largest absolute Gasteiger partial charge is 0.481 e. The SMILES string of the molecule is CN(Cc1ccc(Cl)s1)C(=O)N1CCOCC1CC(=O)O. The Kier molecular flexibility index (Phi) is 5.44. The topological polar surface area (TPSA) is 70.1 Å². The second-order valence-corrected chi connectivity index (χ2v) is 6.66. The highest BCUT2D eigenvalue weighted by molar-refractivity contribution is 7.16. The number of amides is 2. The Bertz CT molecular complexity index is 522. The zero-order valence-corrected chi connectivity index (χ0v) is 13.2. The van der Waals surface area contributed by atoms with Gasteiger partial charge in [-0.05, 0) is 12.1 Å². The molecule has 0 spiro atoms. The molecule has 1 atom stereocenters. The summed E-state index contributed by atoms with van der Waals surface area (Å²) in [7, 11) is 1.70. The van der Waals surface area contributed by atoms with Crippen LogP contribution in [0.3, 0.4) is 0 Å². The van der Waals surface area contributed by atoms with Crippen molar-refractivity contribution in [1.29, 1.82) is 0 Å². The van der Waals surface area contributed by atoms with E-state index >= 15 is 0 Å². The first kappa shape index (κ1) is 16.1. The lowest BCUT2D eigenvalue weighted by atomic mass is 10.1. The smallest absolute Gasteiger partial charge is 0.320 e. The number of urea groups is 1. The van der Waals surface area contributed by atoms with E-state index in [1.54, 1.807) is 22.9 Å². The molecule has 1 N–H and O–H groups in total. The number of rotatable bonds is 4. The second kappa shape index (κ2) is 7.11. The Hall–Kier alpha value is -1.31.